The zero-order valence-electron chi connectivity index (χ0n) is 14.8. The van der Waals surface area contributed by atoms with E-state index in [9.17, 15) is 26.2 Å². The zero-order valence-corrected chi connectivity index (χ0v) is 17.2. The molecule has 2 aromatic carbocycles. The lowest BCUT2D eigenvalue weighted by Crippen LogP contribution is -2.13. The largest absolute Gasteiger partial charge is 0.506 e. The van der Waals surface area contributed by atoms with Gasteiger partial charge in [0.1, 0.15) is 17.2 Å². The number of nitrogens with one attached hydrogen (secondary N) is 1. The molecule has 0 aliphatic heterocycles. The summed E-state index contributed by atoms with van der Waals surface area (Å²) in [4.78, 5) is -1.80. The standard InChI is InChI=1S/C14H15N3O9S3/c1-8-3-13(16-15-2)14(18)7-12(8)17-27(19)26-9-4-10(28(20,21)22)6-11(5-9)29(23,24)25/h3-7,17-18H,1-2H3,(H,20,21,22)(H,23,24,25). The number of anilines is 1. The number of rotatable bonds is 7. The lowest BCUT2D eigenvalue weighted by Gasteiger charge is -2.12. The first kappa shape index (κ1) is 22.7. The van der Waals surface area contributed by atoms with Gasteiger partial charge in [0.15, 0.2) is 0 Å². The molecule has 29 heavy (non-hydrogen) atoms. The first-order valence-corrected chi connectivity index (χ1v) is 11.4. The van der Waals surface area contributed by atoms with Crippen LogP contribution in [-0.4, -0.2) is 42.3 Å². The van der Waals surface area contributed by atoms with E-state index in [1.54, 1.807) is 6.92 Å². The van der Waals surface area contributed by atoms with Crippen molar-refractivity contribution in [2.24, 2.45) is 10.2 Å². The molecule has 158 valence electrons. The van der Waals surface area contributed by atoms with Crippen LogP contribution in [0.15, 0.2) is 50.4 Å². The van der Waals surface area contributed by atoms with Gasteiger partial charge in [-0.15, -0.1) is 0 Å². The van der Waals surface area contributed by atoms with Crippen LogP contribution in [0.4, 0.5) is 11.4 Å². The maximum Gasteiger partial charge on any atom is 0.316 e. The van der Waals surface area contributed by atoms with Gasteiger partial charge in [-0.2, -0.15) is 31.3 Å². The van der Waals surface area contributed by atoms with Crippen LogP contribution in [0.25, 0.3) is 0 Å². The van der Waals surface area contributed by atoms with Crippen LogP contribution >= 0.6 is 0 Å². The van der Waals surface area contributed by atoms with E-state index in [2.05, 4.69) is 15.0 Å². The molecular weight excluding hydrogens is 450 g/mol. The van der Waals surface area contributed by atoms with Crippen molar-refractivity contribution in [2.45, 2.75) is 16.7 Å². The maximum atomic E-state index is 12.2. The van der Waals surface area contributed by atoms with Crippen molar-refractivity contribution in [1.29, 1.82) is 0 Å². The van der Waals surface area contributed by atoms with Crippen molar-refractivity contribution < 1.29 is 39.4 Å². The van der Waals surface area contributed by atoms with Crippen LogP contribution < -0.4 is 8.91 Å². The third-order valence-corrected chi connectivity index (χ3v) is 5.74. The third kappa shape index (κ3) is 5.94. The molecule has 0 amide bonds. The van der Waals surface area contributed by atoms with Crippen LogP contribution in [0, 0.1) is 6.92 Å². The smallest absolute Gasteiger partial charge is 0.316 e. The van der Waals surface area contributed by atoms with Crippen LogP contribution in [0.3, 0.4) is 0 Å². The molecule has 12 nitrogen and oxygen atoms in total. The zero-order chi connectivity index (χ0) is 22.0. The fourth-order valence-electron chi connectivity index (χ4n) is 2.07. The van der Waals surface area contributed by atoms with Crippen molar-refractivity contribution in [3.8, 4) is 11.5 Å². The Balaban J connectivity index is 2.35. The summed E-state index contributed by atoms with van der Waals surface area (Å²) in [6, 6.07) is 4.55. The lowest BCUT2D eigenvalue weighted by atomic mass is 10.2. The van der Waals surface area contributed by atoms with Gasteiger partial charge in [0, 0.05) is 25.2 Å². The summed E-state index contributed by atoms with van der Waals surface area (Å²) in [5, 5.41) is 17.1. The van der Waals surface area contributed by atoms with Gasteiger partial charge in [-0.3, -0.25) is 13.8 Å². The minimum atomic E-state index is -4.85. The second-order valence-corrected chi connectivity index (χ2v) is 9.15. The molecule has 1 atom stereocenters. The van der Waals surface area contributed by atoms with Crippen LogP contribution in [0.5, 0.6) is 11.5 Å². The molecule has 0 saturated carbocycles. The second-order valence-electron chi connectivity index (χ2n) is 5.47. The SMILES string of the molecule is CN=Nc1cc(C)c(NS(=O)Oc2cc(S(=O)(=O)O)cc(S(=O)(=O)O)c2)cc1O. The van der Waals surface area contributed by atoms with E-state index in [1.165, 1.54) is 19.2 Å². The molecule has 15 heteroatoms. The summed E-state index contributed by atoms with van der Waals surface area (Å²) in [7, 11) is -8.30. The first-order chi connectivity index (χ1) is 13.3. The molecule has 0 saturated heterocycles. The quantitative estimate of drug-likeness (QED) is 0.349. The number of azo groups is 1. The Hall–Kier alpha value is -2.59. The van der Waals surface area contributed by atoms with Gasteiger partial charge in [-0.25, -0.2) is 0 Å². The van der Waals surface area contributed by atoms with Gasteiger partial charge in [-0.05, 0) is 24.6 Å². The highest BCUT2D eigenvalue weighted by atomic mass is 32.2. The maximum absolute atomic E-state index is 12.2. The van der Waals surface area contributed by atoms with E-state index < -0.39 is 47.0 Å². The summed E-state index contributed by atoms with van der Waals surface area (Å²) < 4.78 is 82.9. The Morgan fingerprint density at radius 1 is 1.00 bits per heavy atom. The van der Waals surface area contributed by atoms with E-state index >= 15 is 0 Å². The highest BCUT2D eigenvalue weighted by Gasteiger charge is 2.20. The number of hydrogen-bond donors (Lipinski definition) is 4. The Morgan fingerprint density at radius 3 is 2.03 bits per heavy atom. The monoisotopic (exact) mass is 465 g/mol. The molecule has 0 fully saturated rings. The number of phenolic OH excluding ortho intramolecular Hbond substituents is 1. The number of benzene rings is 2. The Bertz CT molecular complexity index is 1160. The summed E-state index contributed by atoms with van der Waals surface area (Å²) in [6.07, 6.45) is 0. The average molecular weight is 465 g/mol. The van der Waals surface area contributed by atoms with Crippen LogP contribution in [-0.2, 0) is 31.5 Å². The lowest BCUT2D eigenvalue weighted by molar-refractivity contribution is 0.475. The molecule has 2 rings (SSSR count). The number of aryl methyl sites for hydroxylation is 1. The Morgan fingerprint density at radius 2 is 1.55 bits per heavy atom. The topological polar surface area (TPSA) is 192 Å². The third-order valence-electron chi connectivity index (χ3n) is 3.34. The highest BCUT2D eigenvalue weighted by Crippen LogP contribution is 2.33. The number of phenols is 1. The summed E-state index contributed by atoms with van der Waals surface area (Å²) >= 11 is -2.39. The van der Waals surface area contributed by atoms with Crippen LogP contribution in [0.2, 0.25) is 0 Å². The second kappa shape index (κ2) is 8.42. The van der Waals surface area contributed by atoms with Gasteiger partial charge in [0.05, 0.1) is 15.5 Å². The normalized spacial score (nSPS) is 13.4. The van der Waals surface area contributed by atoms with Gasteiger partial charge >= 0.3 is 11.3 Å². The summed E-state index contributed by atoms with van der Waals surface area (Å²) in [6.45, 7) is 1.60. The van der Waals surface area contributed by atoms with Crippen LogP contribution in [0.1, 0.15) is 5.56 Å². The van der Waals surface area contributed by atoms with E-state index in [0.29, 0.717) is 23.8 Å². The highest BCUT2D eigenvalue weighted by molar-refractivity contribution is 7.86. The fourth-order valence-corrected chi connectivity index (χ4v) is 3.94. The molecule has 0 radical (unpaired) electrons. The molecule has 0 aromatic heterocycles. The van der Waals surface area contributed by atoms with Crippen molar-refractivity contribution in [3.05, 3.63) is 35.9 Å². The average Bonchev–Trinajstić information content (AvgIpc) is 2.57. The fraction of sp³-hybridized carbons (Fsp3) is 0.143. The molecule has 1 unspecified atom stereocenters. The number of hydrogen-bond acceptors (Lipinski definition) is 9. The molecule has 0 aliphatic carbocycles. The van der Waals surface area contributed by atoms with E-state index in [-0.39, 0.29) is 17.1 Å². The van der Waals surface area contributed by atoms with Crippen molar-refractivity contribution in [2.75, 3.05) is 11.8 Å². The molecule has 0 aliphatic rings. The van der Waals surface area contributed by atoms with Gasteiger partial charge in [0.25, 0.3) is 20.2 Å². The molecule has 2 aromatic rings. The van der Waals surface area contributed by atoms with Gasteiger partial charge < -0.3 is 9.29 Å². The van der Waals surface area contributed by atoms with Crippen molar-refractivity contribution >= 4 is 42.9 Å². The number of nitrogens with zero attached hydrogens (tertiary/aromatic N) is 2. The predicted molar refractivity (Wildman–Crippen MR) is 102 cm³/mol. The molecule has 4 N–H and O–H groups in total. The molecule has 0 heterocycles. The Labute approximate surface area is 168 Å². The number of aromatic hydroxyl groups is 1. The van der Waals surface area contributed by atoms with E-state index in [4.69, 9.17) is 13.3 Å². The van der Waals surface area contributed by atoms with Gasteiger partial charge in [-0.1, -0.05) is 0 Å². The minimum Gasteiger partial charge on any atom is -0.506 e. The summed E-state index contributed by atoms with van der Waals surface area (Å²) in [5.74, 6) is -0.820. The molecule has 0 spiro atoms. The van der Waals surface area contributed by atoms with E-state index in [0.717, 1.165) is 0 Å². The van der Waals surface area contributed by atoms with Crippen molar-refractivity contribution in [1.82, 2.24) is 0 Å². The summed E-state index contributed by atoms with van der Waals surface area (Å²) in [5.41, 5.74) is 0.824. The van der Waals surface area contributed by atoms with Gasteiger partial charge in [0.2, 0.25) is 0 Å². The Kier molecular flexibility index (Phi) is 6.59. The predicted octanol–water partition coefficient (Wildman–Crippen LogP) is 1.98. The van der Waals surface area contributed by atoms with Crippen molar-refractivity contribution in [3.63, 3.8) is 0 Å². The van der Waals surface area contributed by atoms with E-state index in [1.807, 2.05) is 0 Å². The molecule has 0 bridgehead atoms. The first-order valence-electron chi connectivity index (χ1n) is 7.41. The minimum absolute atomic E-state index is 0.164. The molecular formula is C14H15N3O9S3.